The molecule has 0 N–H and O–H groups in total. The molecule has 8 heteroatoms. The molecule has 0 saturated heterocycles. The Labute approximate surface area is 123 Å². The van der Waals surface area contributed by atoms with Gasteiger partial charge in [-0.2, -0.15) is 5.26 Å². The van der Waals surface area contributed by atoms with E-state index in [2.05, 4.69) is 0 Å². The van der Waals surface area contributed by atoms with Gasteiger partial charge in [0.15, 0.2) is 11.6 Å². The van der Waals surface area contributed by atoms with Gasteiger partial charge < -0.3 is 9.30 Å². The zero-order chi connectivity index (χ0) is 16.1. The number of ether oxygens (including phenoxy) is 1. The second-order valence-electron chi connectivity index (χ2n) is 4.26. The summed E-state index contributed by atoms with van der Waals surface area (Å²) in [7, 11) is 0. The van der Waals surface area contributed by atoms with Crippen LogP contribution in [0.4, 0.5) is 10.1 Å². The Hall–Kier alpha value is -3.21. The lowest BCUT2D eigenvalue weighted by Crippen LogP contribution is -2.25. The monoisotopic (exact) mass is 303 g/mol. The average molecular weight is 303 g/mol. The third-order valence-corrected chi connectivity index (χ3v) is 2.83. The summed E-state index contributed by atoms with van der Waals surface area (Å²) in [6.07, 6.45) is 1.02. The lowest BCUT2D eigenvalue weighted by molar-refractivity contribution is -0.385. The van der Waals surface area contributed by atoms with Gasteiger partial charge in [-0.15, -0.1) is 0 Å². The van der Waals surface area contributed by atoms with E-state index in [1.807, 2.05) is 0 Å². The number of hydrogen-bond donors (Lipinski definition) is 0. The quantitative estimate of drug-likeness (QED) is 0.620. The first kappa shape index (κ1) is 15.2. The topological polar surface area (TPSA) is 98.2 Å². The Morgan fingerprint density at radius 1 is 1.41 bits per heavy atom. The molecule has 0 aliphatic heterocycles. The van der Waals surface area contributed by atoms with Crippen LogP contribution in [0.15, 0.2) is 41.3 Å². The molecule has 0 saturated carbocycles. The Bertz CT molecular complexity index is 810. The largest absolute Gasteiger partial charge is 0.489 e. The number of nitriles is 1. The van der Waals surface area contributed by atoms with Crippen molar-refractivity contribution in [3.05, 3.63) is 68.4 Å². The SMILES string of the molecule is N#Cc1cc([N+](=O)[O-])cn(CCOc2ccccc2F)c1=O. The summed E-state index contributed by atoms with van der Waals surface area (Å²) in [5, 5.41) is 19.6. The maximum atomic E-state index is 13.4. The molecule has 1 aromatic heterocycles. The van der Waals surface area contributed by atoms with E-state index in [0.29, 0.717) is 0 Å². The van der Waals surface area contributed by atoms with Crippen LogP contribution >= 0.6 is 0 Å². The van der Waals surface area contributed by atoms with Gasteiger partial charge in [-0.3, -0.25) is 14.9 Å². The molecular weight excluding hydrogens is 293 g/mol. The molecule has 0 unspecified atom stereocenters. The number of benzene rings is 1. The number of halogens is 1. The van der Waals surface area contributed by atoms with E-state index in [1.165, 1.54) is 18.2 Å². The van der Waals surface area contributed by atoms with Crippen molar-refractivity contribution < 1.29 is 14.1 Å². The maximum absolute atomic E-state index is 13.4. The van der Waals surface area contributed by atoms with Crippen LogP contribution in [0.2, 0.25) is 0 Å². The van der Waals surface area contributed by atoms with Gasteiger partial charge in [0.25, 0.3) is 11.2 Å². The van der Waals surface area contributed by atoms with Crippen LogP contribution in [0.5, 0.6) is 5.75 Å². The molecule has 0 amide bonds. The van der Waals surface area contributed by atoms with Gasteiger partial charge in [0.2, 0.25) is 0 Å². The first-order valence-electron chi connectivity index (χ1n) is 6.19. The Morgan fingerprint density at radius 2 is 2.14 bits per heavy atom. The number of nitrogens with zero attached hydrogens (tertiary/aromatic N) is 3. The molecule has 1 aromatic carbocycles. The molecule has 2 rings (SSSR count). The molecule has 0 radical (unpaired) electrons. The Morgan fingerprint density at radius 3 is 2.77 bits per heavy atom. The smallest absolute Gasteiger partial charge is 0.287 e. The zero-order valence-corrected chi connectivity index (χ0v) is 11.2. The van der Waals surface area contributed by atoms with Gasteiger partial charge in [0.1, 0.15) is 18.2 Å². The van der Waals surface area contributed by atoms with Gasteiger partial charge >= 0.3 is 0 Å². The van der Waals surface area contributed by atoms with Crippen LogP contribution in [-0.2, 0) is 6.54 Å². The number of pyridine rings is 1. The van der Waals surface area contributed by atoms with Crippen molar-refractivity contribution >= 4 is 5.69 Å². The predicted molar refractivity (Wildman–Crippen MR) is 74.0 cm³/mol. The van der Waals surface area contributed by atoms with E-state index in [9.17, 15) is 19.3 Å². The molecule has 0 atom stereocenters. The van der Waals surface area contributed by atoms with E-state index < -0.39 is 16.3 Å². The number of nitro groups is 1. The highest BCUT2D eigenvalue weighted by molar-refractivity contribution is 5.37. The minimum absolute atomic E-state index is 0.0153. The van der Waals surface area contributed by atoms with Crippen molar-refractivity contribution in [1.29, 1.82) is 5.26 Å². The van der Waals surface area contributed by atoms with Crippen LogP contribution in [0.25, 0.3) is 0 Å². The molecule has 7 nitrogen and oxygen atoms in total. The summed E-state index contributed by atoms with van der Waals surface area (Å²) in [5.41, 5.74) is -1.37. The van der Waals surface area contributed by atoms with E-state index in [0.717, 1.165) is 16.8 Å². The lowest BCUT2D eigenvalue weighted by Gasteiger charge is -2.09. The number of rotatable bonds is 5. The summed E-state index contributed by atoms with van der Waals surface area (Å²) in [4.78, 5) is 21.9. The maximum Gasteiger partial charge on any atom is 0.287 e. The van der Waals surface area contributed by atoms with Gasteiger partial charge in [-0.1, -0.05) is 12.1 Å². The first-order valence-corrected chi connectivity index (χ1v) is 6.19. The van der Waals surface area contributed by atoms with Crippen LogP contribution in [0, 0.1) is 27.3 Å². The van der Waals surface area contributed by atoms with Gasteiger partial charge in [0, 0.05) is 6.07 Å². The number of para-hydroxylation sites is 1. The second kappa shape index (κ2) is 6.49. The second-order valence-corrected chi connectivity index (χ2v) is 4.26. The lowest BCUT2D eigenvalue weighted by atomic mass is 10.2. The van der Waals surface area contributed by atoms with Crippen LogP contribution in [0.1, 0.15) is 5.56 Å². The standard InChI is InChI=1S/C14H10FN3O4/c15-12-3-1-2-4-13(12)22-6-5-17-9-11(18(20)21)7-10(8-16)14(17)19/h1-4,7,9H,5-6H2. The highest BCUT2D eigenvalue weighted by Gasteiger charge is 2.13. The van der Waals surface area contributed by atoms with Crippen molar-refractivity contribution in [2.45, 2.75) is 6.54 Å². The molecule has 22 heavy (non-hydrogen) atoms. The summed E-state index contributed by atoms with van der Waals surface area (Å²) in [5.74, 6) is -0.534. The number of aromatic nitrogens is 1. The van der Waals surface area contributed by atoms with E-state index in [1.54, 1.807) is 12.1 Å². The van der Waals surface area contributed by atoms with Crippen molar-refractivity contribution in [3.8, 4) is 11.8 Å². The molecule has 2 aromatic rings. The molecule has 1 heterocycles. The minimum Gasteiger partial charge on any atom is -0.489 e. The Kier molecular flexibility index (Phi) is 4.48. The fraction of sp³-hybridized carbons (Fsp3) is 0.143. The average Bonchev–Trinajstić information content (AvgIpc) is 2.50. The molecular formula is C14H10FN3O4. The molecule has 0 fully saturated rings. The van der Waals surface area contributed by atoms with Gasteiger partial charge in [0.05, 0.1) is 17.7 Å². The fourth-order valence-electron chi connectivity index (χ4n) is 1.78. The van der Waals surface area contributed by atoms with Crippen molar-refractivity contribution in [2.75, 3.05) is 6.61 Å². The summed E-state index contributed by atoms with van der Waals surface area (Å²) < 4.78 is 19.5. The summed E-state index contributed by atoms with van der Waals surface area (Å²) in [6.45, 7) is -0.129. The predicted octanol–water partition coefficient (Wildman–Crippen LogP) is 1.85. The third-order valence-electron chi connectivity index (χ3n) is 2.83. The number of hydrogen-bond acceptors (Lipinski definition) is 5. The van der Waals surface area contributed by atoms with E-state index in [-0.39, 0.29) is 30.2 Å². The normalized spacial score (nSPS) is 10.0. The van der Waals surface area contributed by atoms with E-state index in [4.69, 9.17) is 10.00 Å². The van der Waals surface area contributed by atoms with Crippen LogP contribution in [0.3, 0.4) is 0 Å². The first-order chi connectivity index (χ1) is 10.5. The molecule has 0 aliphatic carbocycles. The van der Waals surface area contributed by atoms with Crippen LogP contribution < -0.4 is 10.3 Å². The molecule has 0 spiro atoms. The van der Waals surface area contributed by atoms with Crippen LogP contribution in [-0.4, -0.2) is 16.1 Å². The zero-order valence-electron chi connectivity index (χ0n) is 11.2. The van der Waals surface area contributed by atoms with E-state index >= 15 is 0 Å². The molecule has 0 bridgehead atoms. The van der Waals surface area contributed by atoms with Crippen molar-refractivity contribution in [3.63, 3.8) is 0 Å². The van der Waals surface area contributed by atoms with Crippen molar-refractivity contribution in [1.82, 2.24) is 4.57 Å². The summed E-state index contributed by atoms with van der Waals surface area (Å²) >= 11 is 0. The highest BCUT2D eigenvalue weighted by Crippen LogP contribution is 2.15. The Balaban J connectivity index is 2.18. The van der Waals surface area contributed by atoms with Gasteiger partial charge in [-0.25, -0.2) is 4.39 Å². The van der Waals surface area contributed by atoms with Gasteiger partial charge in [-0.05, 0) is 12.1 Å². The fourth-order valence-corrected chi connectivity index (χ4v) is 1.78. The van der Waals surface area contributed by atoms with Crippen molar-refractivity contribution in [2.24, 2.45) is 0 Å². The highest BCUT2D eigenvalue weighted by atomic mass is 19.1. The summed E-state index contributed by atoms with van der Waals surface area (Å²) in [6, 6.07) is 8.27. The molecule has 0 aliphatic rings. The molecule has 112 valence electrons. The minimum atomic E-state index is -0.700. The third kappa shape index (κ3) is 3.27.